The first-order valence-electron chi connectivity index (χ1n) is 10.4. The average Bonchev–Trinajstić information content (AvgIpc) is 2.82. The Bertz CT molecular complexity index is 1330. The van der Waals surface area contributed by atoms with Gasteiger partial charge in [0, 0.05) is 44.8 Å². The second-order valence-corrected chi connectivity index (χ2v) is 8.08. The van der Waals surface area contributed by atoms with Crippen molar-refractivity contribution >= 4 is 34.8 Å². The molecule has 1 N–H and O–H groups in total. The highest BCUT2D eigenvalue weighted by atomic mass is 19.1. The zero-order valence-corrected chi connectivity index (χ0v) is 17.7. The molecule has 3 aromatic rings. The van der Waals surface area contributed by atoms with Gasteiger partial charge in [-0.3, -0.25) is 9.59 Å². The van der Waals surface area contributed by atoms with Gasteiger partial charge in [-0.05, 0) is 13.0 Å². The number of halogens is 1. The van der Waals surface area contributed by atoms with Gasteiger partial charge < -0.3 is 24.2 Å². The molecule has 1 saturated heterocycles. The molecule has 0 radical (unpaired) electrons. The number of nitrogens with zero attached hydrogens (tertiary/aromatic N) is 5. The molecule has 0 spiro atoms. The van der Waals surface area contributed by atoms with E-state index in [-0.39, 0.29) is 29.5 Å². The Kier molecular flexibility index (Phi) is 4.95. The number of carbonyl (C=O) groups excluding carboxylic acids is 1. The number of ether oxygens (including phenoxy) is 1. The van der Waals surface area contributed by atoms with Gasteiger partial charge in [0.1, 0.15) is 17.9 Å². The highest BCUT2D eigenvalue weighted by Crippen LogP contribution is 2.42. The van der Waals surface area contributed by atoms with Crippen LogP contribution in [0.2, 0.25) is 0 Å². The number of aromatic nitrogens is 3. The van der Waals surface area contributed by atoms with E-state index in [1.54, 1.807) is 4.57 Å². The maximum atomic E-state index is 15.3. The molecule has 2 aliphatic rings. The van der Waals surface area contributed by atoms with E-state index in [1.165, 1.54) is 18.6 Å². The van der Waals surface area contributed by atoms with E-state index in [0.29, 0.717) is 49.5 Å². The van der Waals surface area contributed by atoms with Crippen LogP contribution in [-0.2, 0) is 0 Å². The zero-order chi connectivity index (χ0) is 23.3. The minimum atomic E-state index is -1.35. The fraction of sp³-hybridized carbons (Fsp3) is 0.318. The number of hydrogen-bond donors (Lipinski definition) is 1. The molecule has 0 amide bonds. The lowest BCUT2D eigenvalue weighted by atomic mass is 10.1. The van der Waals surface area contributed by atoms with E-state index in [2.05, 4.69) is 9.97 Å². The van der Waals surface area contributed by atoms with E-state index in [9.17, 15) is 19.5 Å². The summed E-state index contributed by atoms with van der Waals surface area (Å²) in [6, 6.07) is 0.884. The fourth-order valence-electron chi connectivity index (χ4n) is 4.34. The molecule has 5 rings (SSSR count). The molecule has 10 nitrogen and oxygen atoms in total. The minimum Gasteiger partial charge on any atom is -0.487 e. The van der Waals surface area contributed by atoms with E-state index in [1.807, 2.05) is 16.7 Å². The van der Waals surface area contributed by atoms with Crippen LogP contribution in [0, 0.1) is 5.82 Å². The molecule has 1 fully saturated rings. The predicted molar refractivity (Wildman–Crippen MR) is 117 cm³/mol. The van der Waals surface area contributed by atoms with E-state index in [0.717, 1.165) is 6.07 Å². The number of piperazine rings is 1. The standard InChI is InChI=1S/C22H20FN5O5/c1-12-11-33-20-17-14(19(30)15(21(31)32)9-28(12)17)6-16(23)18(20)26-2-4-27(5-3-26)22-24-7-13(10-29)8-25-22/h6-10,12H,2-5,11H2,1H3,(H,31,32)/t12-/m0/s1. The maximum absolute atomic E-state index is 15.3. The van der Waals surface area contributed by atoms with Crippen LogP contribution in [-0.4, -0.2) is 64.7 Å². The largest absolute Gasteiger partial charge is 0.487 e. The number of aldehydes is 1. The molecule has 170 valence electrons. The molecule has 1 aromatic carbocycles. The fourth-order valence-corrected chi connectivity index (χ4v) is 4.34. The number of benzene rings is 1. The van der Waals surface area contributed by atoms with Gasteiger partial charge >= 0.3 is 5.97 Å². The summed E-state index contributed by atoms with van der Waals surface area (Å²) in [5.41, 5.74) is -0.0986. The van der Waals surface area contributed by atoms with Gasteiger partial charge in [0.25, 0.3) is 0 Å². The molecular formula is C22H20FN5O5. The quantitative estimate of drug-likeness (QED) is 0.589. The third kappa shape index (κ3) is 3.36. The van der Waals surface area contributed by atoms with Crippen LogP contribution in [0.1, 0.15) is 33.7 Å². The van der Waals surface area contributed by atoms with Gasteiger partial charge in [-0.25, -0.2) is 19.2 Å². The normalized spacial score (nSPS) is 17.7. The van der Waals surface area contributed by atoms with E-state index < -0.39 is 22.8 Å². The van der Waals surface area contributed by atoms with Gasteiger partial charge in [-0.2, -0.15) is 0 Å². The summed E-state index contributed by atoms with van der Waals surface area (Å²) in [5, 5.41) is 9.40. The van der Waals surface area contributed by atoms with Crippen LogP contribution in [0.25, 0.3) is 10.9 Å². The molecule has 4 heterocycles. The smallest absolute Gasteiger partial charge is 0.341 e. The summed E-state index contributed by atoms with van der Waals surface area (Å²) in [7, 11) is 0. The molecule has 11 heteroatoms. The Hall–Kier alpha value is -4.02. The molecule has 0 saturated carbocycles. The minimum absolute atomic E-state index is 0.0139. The number of carbonyl (C=O) groups is 2. The van der Waals surface area contributed by atoms with Crippen molar-refractivity contribution in [2.24, 2.45) is 0 Å². The summed E-state index contributed by atoms with van der Waals surface area (Å²) >= 11 is 0. The van der Waals surface area contributed by atoms with Gasteiger partial charge in [0.2, 0.25) is 11.4 Å². The Balaban J connectivity index is 1.53. The Morgan fingerprint density at radius 1 is 1.21 bits per heavy atom. The van der Waals surface area contributed by atoms with Crippen LogP contribution in [0.15, 0.2) is 29.5 Å². The van der Waals surface area contributed by atoms with E-state index in [4.69, 9.17) is 4.74 Å². The van der Waals surface area contributed by atoms with Crippen LogP contribution >= 0.6 is 0 Å². The van der Waals surface area contributed by atoms with Crippen LogP contribution in [0.3, 0.4) is 0 Å². The van der Waals surface area contributed by atoms with Crippen molar-refractivity contribution in [3.05, 3.63) is 51.8 Å². The van der Waals surface area contributed by atoms with Gasteiger partial charge in [-0.15, -0.1) is 0 Å². The molecule has 2 aromatic heterocycles. The lowest BCUT2D eigenvalue weighted by molar-refractivity contribution is 0.0694. The second kappa shape index (κ2) is 7.84. The first-order valence-corrected chi connectivity index (χ1v) is 10.4. The molecule has 1 atom stereocenters. The molecule has 0 bridgehead atoms. The summed E-state index contributed by atoms with van der Waals surface area (Å²) in [5.74, 6) is -1.26. The summed E-state index contributed by atoms with van der Waals surface area (Å²) < 4.78 is 22.9. The number of rotatable bonds is 4. The lowest BCUT2D eigenvalue weighted by Gasteiger charge is -2.38. The van der Waals surface area contributed by atoms with Gasteiger partial charge in [0.15, 0.2) is 17.9 Å². The number of aromatic carboxylic acids is 1. The number of pyridine rings is 1. The van der Waals surface area contributed by atoms with Gasteiger partial charge in [0.05, 0.1) is 22.5 Å². The Morgan fingerprint density at radius 2 is 1.88 bits per heavy atom. The Labute approximate surface area is 186 Å². The third-order valence-electron chi connectivity index (χ3n) is 6.05. The van der Waals surface area contributed by atoms with Crippen LogP contribution in [0.5, 0.6) is 5.75 Å². The zero-order valence-electron chi connectivity index (χ0n) is 17.7. The first-order chi connectivity index (χ1) is 15.9. The van der Waals surface area contributed by atoms with Crippen LogP contribution < -0.4 is 20.0 Å². The number of carboxylic acid groups (broad SMARTS) is 1. The van der Waals surface area contributed by atoms with Crippen molar-refractivity contribution in [3.63, 3.8) is 0 Å². The van der Waals surface area contributed by atoms with Crippen molar-refractivity contribution in [1.29, 1.82) is 0 Å². The lowest BCUT2D eigenvalue weighted by Crippen LogP contribution is -2.47. The molecule has 0 aliphatic carbocycles. The van der Waals surface area contributed by atoms with Crippen molar-refractivity contribution in [2.75, 3.05) is 42.6 Å². The van der Waals surface area contributed by atoms with Crippen molar-refractivity contribution < 1.29 is 23.8 Å². The molecule has 33 heavy (non-hydrogen) atoms. The second-order valence-electron chi connectivity index (χ2n) is 8.08. The number of carboxylic acids is 1. The highest BCUT2D eigenvalue weighted by molar-refractivity contribution is 5.97. The molecular weight excluding hydrogens is 433 g/mol. The average molecular weight is 453 g/mol. The maximum Gasteiger partial charge on any atom is 0.341 e. The Morgan fingerprint density at radius 3 is 2.52 bits per heavy atom. The molecule has 0 unspecified atom stereocenters. The summed E-state index contributed by atoms with van der Waals surface area (Å²) in [6.07, 6.45) is 4.89. The first kappa shape index (κ1) is 20.9. The van der Waals surface area contributed by atoms with Crippen molar-refractivity contribution in [3.8, 4) is 5.75 Å². The SMILES string of the molecule is C[C@H]1COc2c(N3CCN(c4ncc(C=O)cn4)CC3)c(F)cc3c(=O)c(C(=O)O)cn1c23. The van der Waals surface area contributed by atoms with Gasteiger partial charge in [-0.1, -0.05) is 0 Å². The summed E-state index contributed by atoms with van der Waals surface area (Å²) in [4.78, 5) is 47.3. The summed E-state index contributed by atoms with van der Waals surface area (Å²) in [6.45, 7) is 3.99. The highest BCUT2D eigenvalue weighted by Gasteiger charge is 2.31. The molecule has 2 aliphatic heterocycles. The van der Waals surface area contributed by atoms with E-state index >= 15 is 4.39 Å². The topological polar surface area (TPSA) is 118 Å². The van der Waals surface area contributed by atoms with Crippen molar-refractivity contribution in [1.82, 2.24) is 14.5 Å². The number of hydrogen-bond acceptors (Lipinski definition) is 8. The third-order valence-corrected chi connectivity index (χ3v) is 6.05. The predicted octanol–water partition coefficient (Wildman–Crippen LogP) is 1.72. The van der Waals surface area contributed by atoms with Crippen molar-refractivity contribution in [2.45, 2.75) is 13.0 Å². The number of anilines is 2. The monoisotopic (exact) mass is 453 g/mol. The van der Waals surface area contributed by atoms with Crippen LogP contribution in [0.4, 0.5) is 16.0 Å².